The van der Waals surface area contributed by atoms with E-state index in [1.165, 1.54) is 11.9 Å². The van der Waals surface area contributed by atoms with Gasteiger partial charge in [0.15, 0.2) is 6.61 Å². The largest absolute Gasteiger partial charge is 0.480 e. The van der Waals surface area contributed by atoms with Crippen LogP contribution in [0.2, 0.25) is 0 Å². The number of urea groups is 1. The number of hydrogen-bond donors (Lipinski definition) is 3. The Bertz CT molecular complexity index is 450. The first-order chi connectivity index (χ1) is 9.04. The molecule has 0 fully saturated rings. The molecule has 0 spiro atoms. The molecule has 0 aliphatic heterocycles. The number of carbonyl (C=O) groups is 2. The van der Waals surface area contributed by atoms with Gasteiger partial charge in [-0.15, -0.1) is 0 Å². The number of anilines is 1. The lowest BCUT2D eigenvalue weighted by Gasteiger charge is -2.18. The third-order valence-corrected chi connectivity index (χ3v) is 2.26. The van der Waals surface area contributed by atoms with E-state index in [0.717, 1.165) is 0 Å². The number of para-hydroxylation sites is 2. The molecule has 0 saturated carbocycles. The van der Waals surface area contributed by atoms with Gasteiger partial charge in [0.25, 0.3) is 0 Å². The van der Waals surface area contributed by atoms with Crippen LogP contribution >= 0.6 is 0 Å². The second-order valence-electron chi connectivity index (χ2n) is 3.75. The number of carbonyl (C=O) groups excluding carboxylic acids is 1. The van der Waals surface area contributed by atoms with Crippen LogP contribution in [-0.2, 0) is 4.79 Å². The second kappa shape index (κ2) is 7.22. The van der Waals surface area contributed by atoms with Crippen molar-refractivity contribution in [1.82, 2.24) is 4.90 Å². The predicted octanol–water partition coefficient (Wildman–Crippen LogP) is 0.606. The molecule has 0 saturated heterocycles. The van der Waals surface area contributed by atoms with Crippen LogP contribution in [0.5, 0.6) is 5.75 Å². The van der Waals surface area contributed by atoms with Gasteiger partial charge in [0.1, 0.15) is 5.75 Å². The van der Waals surface area contributed by atoms with Gasteiger partial charge in [-0.25, -0.2) is 9.59 Å². The van der Waals surface area contributed by atoms with E-state index in [0.29, 0.717) is 5.69 Å². The number of nitrogens with one attached hydrogen (secondary N) is 1. The Labute approximate surface area is 110 Å². The minimum atomic E-state index is -1.10. The number of aliphatic hydroxyl groups is 1. The van der Waals surface area contributed by atoms with Crippen LogP contribution in [0.25, 0.3) is 0 Å². The van der Waals surface area contributed by atoms with Crippen LogP contribution in [0, 0.1) is 0 Å². The monoisotopic (exact) mass is 268 g/mol. The Kier molecular flexibility index (Phi) is 5.62. The van der Waals surface area contributed by atoms with Crippen molar-refractivity contribution in [3.63, 3.8) is 0 Å². The van der Waals surface area contributed by atoms with Crippen molar-refractivity contribution < 1.29 is 24.5 Å². The molecule has 104 valence electrons. The third kappa shape index (κ3) is 4.84. The van der Waals surface area contributed by atoms with Crippen LogP contribution in [0.15, 0.2) is 24.3 Å². The molecule has 2 amide bonds. The number of amides is 2. The number of aliphatic carboxylic acids is 1. The first-order valence-electron chi connectivity index (χ1n) is 5.61. The highest BCUT2D eigenvalue weighted by atomic mass is 16.5. The Hall–Kier alpha value is -2.28. The zero-order valence-corrected chi connectivity index (χ0v) is 10.5. The van der Waals surface area contributed by atoms with Gasteiger partial charge in [0, 0.05) is 13.6 Å². The van der Waals surface area contributed by atoms with Crippen molar-refractivity contribution in [2.75, 3.05) is 32.1 Å². The molecule has 1 rings (SSSR count). The molecule has 0 atom stereocenters. The summed E-state index contributed by atoms with van der Waals surface area (Å²) in [5.41, 5.74) is 0.374. The topological polar surface area (TPSA) is 99.1 Å². The summed E-state index contributed by atoms with van der Waals surface area (Å²) in [5, 5.41) is 19.9. The molecule has 0 aliphatic carbocycles. The van der Waals surface area contributed by atoms with Crippen LogP contribution in [0.4, 0.5) is 10.5 Å². The molecule has 0 heterocycles. The lowest BCUT2D eigenvalue weighted by Crippen LogP contribution is -2.33. The SMILES string of the molecule is CN(CCO)C(=O)Nc1ccccc1OCC(=O)O. The summed E-state index contributed by atoms with van der Waals surface area (Å²) in [6, 6.07) is 6.10. The highest BCUT2D eigenvalue weighted by Gasteiger charge is 2.11. The van der Waals surface area contributed by atoms with E-state index in [-0.39, 0.29) is 18.9 Å². The molecule has 1 aromatic rings. The minimum Gasteiger partial charge on any atom is -0.480 e. The molecular weight excluding hydrogens is 252 g/mol. The van der Waals surface area contributed by atoms with Crippen molar-refractivity contribution >= 4 is 17.7 Å². The smallest absolute Gasteiger partial charge is 0.341 e. The van der Waals surface area contributed by atoms with Gasteiger partial charge in [-0.05, 0) is 12.1 Å². The summed E-state index contributed by atoms with van der Waals surface area (Å²) >= 11 is 0. The summed E-state index contributed by atoms with van der Waals surface area (Å²) in [4.78, 5) is 23.5. The highest BCUT2D eigenvalue weighted by Crippen LogP contribution is 2.23. The summed E-state index contributed by atoms with van der Waals surface area (Å²) in [6.45, 7) is -0.426. The molecule has 0 bridgehead atoms. The number of carboxylic acids is 1. The fraction of sp³-hybridized carbons (Fsp3) is 0.333. The van der Waals surface area contributed by atoms with Crippen LogP contribution in [0.1, 0.15) is 0 Å². The van der Waals surface area contributed by atoms with Gasteiger partial charge in [0.05, 0.1) is 12.3 Å². The normalized spacial score (nSPS) is 9.79. The summed E-state index contributed by atoms with van der Waals surface area (Å²) in [7, 11) is 1.53. The number of benzene rings is 1. The highest BCUT2D eigenvalue weighted by molar-refractivity contribution is 5.90. The first-order valence-corrected chi connectivity index (χ1v) is 5.61. The van der Waals surface area contributed by atoms with Gasteiger partial charge >= 0.3 is 12.0 Å². The number of rotatable bonds is 6. The maximum Gasteiger partial charge on any atom is 0.341 e. The van der Waals surface area contributed by atoms with Crippen LogP contribution in [-0.4, -0.2) is 53.9 Å². The molecule has 0 radical (unpaired) electrons. The van der Waals surface area contributed by atoms with E-state index >= 15 is 0 Å². The van der Waals surface area contributed by atoms with E-state index in [9.17, 15) is 9.59 Å². The molecule has 7 heteroatoms. The zero-order valence-electron chi connectivity index (χ0n) is 10.5. The molecular formula is C12H16N2O5. The average molecular weight is 268 g/mol. The van der Waals surface area contributed by atoms with Crippen molar-refractivity contribution in [2.24, 2.45) is 0 Å². The number of carboxylic acid groups (broad SMARTS) is 1. The summed E-state index contributed by atoms with van der Waals surface area (Å²) < 4.78 is 5.06. The van der Waals surface area contributed by atoms with Gasteiger partial charge < -0.3 is 25.2 Å². The van der Waals surface area contributed by atoms with Crippen molar-refractivity contribution in [3.8, 4) is 5.75 Å². The Balaban J connectivity index is 2.71. The number of aliphatic hydroxyl groups excluding tert-OH is 1. The van der Waals surface area contributed by atoms with E-state index in [4.69, 9.17) is 14.9 Å². The van der Waals surface area contributed by atoms with Crippen molar-refractivity contribution in [1.29, 1.82) is 0 Å². The quantitative estimate of drug-likeness (QED) is 0.702. The Morgan fingerprint density at radius 1 is 1.37 bits per heavy atom. The van der Waals surface area contributed by atoms with Gasteiger partial charge in [0.2, 0.25) is 0 Å². The Morgan fingerprint density at radius 2 is 2.05 bits per heavy atom. The first kappa shape index (κ1) is 14.8. The Morgan fingerprint density at radius 3 is 2.68 bits per heavy atom. The number of nitrogens with zero attached hydrogens (tertiary/aromatic N) is 1. The lowest BCUT2D eigenvalue weighted by molar-refractivity contribution is -0.139. The van der Waals surface area contributed by atoms with E-state index < -0.39 is 18.6 Å². The average Bonchev–Trinajstić information content (AvgIpc) is 2.37. The molecule has 3 N–H and O–H groups in total. The van der Waals surface area contributed by atoms with Crippen LogP contribution < -0.4 is 10.1 Å². The van der Waals surface area contributed by atoms with E-state index in [2.05, 4.69) is 5.32 Å². The number of likely N-dealkylation sites (N-methyl/N-ethyl adjacent to an activating group) is 1. The molecule has 7 nitrogen and oxygen atoms in total. The number of ether oxygens (including phenoxy) is 1. The van der Waals surface area contributed by atoms with Gasteiger partial charge in [-0.1, -0.05) is 12.1 Å². The third-order valence-electron chi connectivity index (χ3n) is 2.26. The number of hydrogen-bond acceptors (Lipinski definition) is 4. The van der Waals surface area contributed by atoms with Crippen LogP contribution in [0.3, 0.4) is 0 Å². The molecule has 19 heavy (non-hydrogen) atoms. The van der Waals surface area contributed by atoms with Gasteiger partial charge in [-0.2, -0.15) is 0 Å². The zero-order chi connectivity index (χ0) is 14.3. The van der Waals surface area contributed by atoms with Crippen molar-refractivity contribution in [2.45, 2.75) is 0 Å². The summed E-state index contributed by atoms with van der Waals surface area (Å²) in [5.74, 6) is -0.825. The molecule has 1 aromatic carbocycles. The van der Waals surface area contributed by atoms with E-state index in [1.807, 2.05) is 0 Å². The molecule has 0 unspecified atom stereocenters. The maximum absolute atomic E-state index is 11.7. The second-order valence-corrected chi connectivity index (χ2v) is 3.75. The fourth-order valence-electron chi connectivity index (χ4n) is 1.30. The standard InChI is InChI=1S/C12H16N2O5/c1-14(6-7-15)12(18)13-9-4-2-3-5-10(9)19-8-11(16)17/h2-5,15H,6-8H2,1H3,(H,13,18)(H,16,17). The van der Waals surface area contributed by atoms with Crippen molar-refractivity contribution in [3.05, 3.63) is 24.3 Å². The fourth-order valence-corrected chi connectivity index (χ4v) is 1.30. The van der Waals surface area contributed by atoms with E-state index in [1.54, 1.807) is 24.3 Å². The predicted molar refractivity (Wildman–Crippen MR) is 68.3 cm³/mol. The summed E-state index contributed by atoms with van der Waals surface area (Å²) in [6.07, 6.45) is 0. The lowest BCUT2D eigenvalue weighted by atomic mass is 10.3. The molecule has 0 aliphatic rings. The maximum atomic E-state index is 11.7. The van der Waals surface area contributed by atoms with Gasteiger partial charge in [-0.3, -0.25) is 0 Å². The minimum absolute atomic E-state index is 0.138. The molecule has 0 aromatic heterocycles.